The zero-order valence-corrected chi connectivity index (χ0v) is 17.9. The van der Waals surface area contributed by atoms with Gasteiger partial charge in [-0.05, 0) is 43.0 Å². The van der Waals surface area contributed by atoms with Gasteiger partial charge in [-0.25, -0.2) is 4.98 Å². The second kappa shape index (κ2) is 9.31. The van der Waals surface area contributed by atoms with Crippen LogP contribution in [0.1, 0.15) is 35.9 Å². The number of anilines is 1. The van der Waals surface area contributed by atoms with Crippen LogP contribution in [0.5, 0.6) is 0 Å². The van der Waals surface area contributed by atoms with Crippen molar-refractivity contribution < 1.29 is 14.0 Å². The van der Waals surface area contributed by atoms with Crippen molar-refractivity contribution in [3.8, 4) is 11.3 Å². The second-order valence-corrected chi connectivity index (χ2v) is 8.05. The van der Waals surface area contributed by atoms with E-state index in [9.17, 15) is 9.59 Å². The lowest BCUT2D eigenvalue weighted by Gasteiger charge is -2.22. The van der Waals surface area contributed by atoms with Crippen LogP contribution in [0.3, 0.4) is 0 Å². The Morgan fingerprint density at radius 2 is 2.06 bits per heavy atom. The molecule has 1 aliphatic carbocycles. The number of nitrogens with one attached hydrogen (secondary N) is 1. The molecule has 0 spiro atoms. The molecule has 160 valence electrons. The first-order valence-corrected chi connectivity index (χ1v) is 10.6. The van der Waals surface area contributed by atoms with Gasteiger partial charge in [-0.2, -0.15) is 0 Å². The summed E-state index contributed by atoms with van der Waals surface area (Å²) in [5.74, 6) is 1.06. The molecule has 0 saturated heterocycles. The summed E-state index contributed by atoms with van der Waals surface area (Å²) in [6, 6.07) is 9.06. The number of amides is 2. The molecule has 1 aromatic carbocycles. The third-order valence-electron chi connectivity index (χ3n) is 5.22. The van der Waals surface area contributed by atoms with E-state index in [0.717, 1.165) is 24.2 Å². The van der Waals surface area contributed by atoms with E-state index >= 15 is 0 Å². The van der Waals surface area contributed by atoms with Gasteiger partial charge in [0.25, 0.3) is 5.91 Å². The average Bonchev–Trinajstić information content (AvgIpc) is 3.44. The van der Waals surface area contributed by atoms with Crippen molar-refractivity contribution in [3.05, 3.63) is 65.5 Å². The van der Waals surface area contributed by atoms with E-state index in [0.29, 0.717) is 47.4 Å². The fourth-order valence-corrected chi connectivity index (χ4v) is 3.59. The molecule has 31 heavy (non-hydrogen) atoms. The Hall–Kier alpha value is -3.19. The van der Waals surface area contributed by atoms with E-state index in [1.54, 1.807) is 36.2 Å². The largest absolute Gasteiger partial charge is 0.448 e. The average molecular weight is 439 g/mol. The fourth-order valence-electron chi connectivity index (χ4n) is 3.31. The third kappa shape index (κ3) is 5.30. The highest BCUT2D eigenvalue weighted by Crippen LogP contribution is 2.35. The molecule has 0 aliphatic heterocycles. The molecule has 2 heterocycles. The molecule has 2 amide bonds. The number of hydrogen-bond donors (Lipinski definition) is 1. The smallest absolute Gasteiger partial charge is 0.252 e. The number of rotatable bonds is 8. The van der Waals surface area contributed by atoms with E-state index in [4.69, 9.17) is 16.0 Å². The van der Waals surface area contributed by atoms with Crippen LogP contribution in [0, 0.1) is 5.92 Å². The van der Waals surface area contributed by atoms with Gasteiger partial charge in [-0.3, -0.25) is 14.6 Å². The molecule has 1 fully saturated rings. The summed E-state index contributed by atoms with van der Waals surface area (Å²) in [5, 5.41) is 3.34. The number of carbonyl (C=O) groups is 2. The number of aromatic nitrogens is 2. The molecule has 1 N–H and O–H groups in total. The predicted molar refractivity (Wildman–Crippen MR) is 118 cm³/mol. The Balaban J connectivity index is 1.41. The lowest BCUT2D eigenvalue weighted by atomic mass is 10.1. The highest BCUT2D eigenvalue weighted by Gasteiger charge is 2.27. The summed E-state index contributed by atoms with van der Waals surface area (Å²) >= 11 is 6.51. The maximum atomic E-state index is 12.3. The Labute approximate surface area is 185 Å². The minimum atomic E-state index is -0.205. The minimum Gasteiger partial charge on any atom is -0.448 e. The molecule has 0 bridgehead atoms. The third-order valence-corrected chi connectivity index (χ3v) is 5.52. The summed E-state index contributed by atoms with van der Waals surface area (Å²) in [7, 11) is 0. The Kier molecular flexibility index (Phi) is 6.32. The number of oxazole rings is 1. The summed E-state index contributed by atoms with van der Waals surface area (Å²) in [6.45, 7) is 2.71. The first kappa shape index (κ1) is 21.1. The SMILES string of the molecule is CC(=O)N(CC1CC1)c1ccc(-c2ccc(C(=O)NCCc3cnco3)cn2)cc1Cl. The van der Waals surface area contributed by atoms with E-state index in [2.05, 4.69) is 15.3 Å². The molecule has 0 atom stereocenters. The summed E-state index contributed by atoms with van der Waals surface area (Å²) in [4.78, 5) is 34.4. The van der Waals surface area contributed by atoms with Gasteiger partial charge in [-0.15, -0.1) is 0 Å². The van der Waals surface area contributed by atoms with E-state index < -0.39 is 0 Å². The quantitative estimate of drug-likeness (QED) is 0.571. The standard InChI is InChI=1S/C23H23ClN4O3/c1-15(29)28(13-16-2-3-16)22-7-5-17(10-20(22)24)21-6-4-18(11-27-21)23(30)26-9-8-19-12-25-14-31-19/h4-7,10-12,14,16H,2-3,8-9,13H2,1H3,(H,26,30). The van der Waals surface area contributed by atoms with Crippen molar-refractivity contribution in [1.29, 1.82) is 0 Å². The Morgan fingerprint density at radius 3 is 2.68 bits per heavy atom. The Bertz CT molecular complexity index is 1060. The van der Waals surface area contributed by atoms with E-state index in [1.807, 2.05) is 12.1 Å². The molecular formula is C23H23ClN4O3. The zero-order valence-electron chi connectivity index (χ0n) is 17.2. The highest BCUT2D eigenvalue weighted by molar-refractivity contribution is 6.34. The molecule has 0 unspecified atom stereocenters. The molecule has 1 aliphatic rings. The molecule has 7 nitrogen and oxygen atoms in total. The van der Waals surface area contributed by atoms with Crippen LogP contribution in [0.15, 0.2) is 53.5 Å². The molecule has 4 rings (SSSR count). The van der Waals surface area contributed by atoms with Crippen molar-refractivity contribution in [2.45, 2.75) is 26.2 Å². The number of pyridine rings is 1. The summed E-state index contributed by atoms with van der Waals surface area (Å²) in [6.07, 6.45) is 7.41. The number of carbonyl (C=O) groups excluding carboxylic acids is 2. The molecule has 3 aromatic rings. The van der Waals surface area contributed by atoms with Gasteiger partial charge in [-0.1, -0.05) is 17.7 Å². The van der Waals surface area contributed by atoms with Gasteiger partial charge >= 0.3 is 0 Å². The topological polar surface area (TPSA) is 88.3 Å². The van der Waals surface area contributed by atoms with Gasteiger partial charge < -0.3 is 14.6 Å². The second-order valence-electron chi connectivity index (χ2n) is 7.64. The van der Waals surface area contributed by atoms with Gasteiger partial charge in [0.05, 0.1) is 28.2 Å². The maximum absolute atomic E-state index is 12.3. The van der Waals surface area contributed by atoms with Gasteiger partial charge in [0, 0.05) is 38.2 Å². The van der Waals surface area contributed by atoms with Crippen LogP contribution in [-0.2, 0) is 11.2 Å². The number of hydrogen-bond acceptors (Lipinski definition) is 5. The lowest BCUT2D eigenvalue weighted by molar-refractivity contribution is -0.116. The zero-order chi connectivity index (χ0) is 21.8. The normalized spacial score (nSPS) is 13.1. The van der Waals surface area contributed by atoms with E-state index in [1.165, 1.54) is 12.6 Å². The van der Waals surface area contributed by atoms with Gasteiger partial charge in [0.2, 0.25) is 5.91 Å². The molecular weight excluding hydrogens is 416 g/mol. The van der Waals surface area contributed by atoms with Crippen molar-refractivity contribution in [2.75, 3.05) is 18.0 Å². The summed E-state index contributed by atoms with van der Waals surface area (Å²) < 4.78 is 5.15. The Morgan fingerprint density at radius 1 is 1.23 bits per heavy atom. The van der Waals surface area contributed by atoms with Crippen molar-refractivity contribution in [2.24, 2.45) is 5.92 Å². The fraction of sp³-hybridized carbons (Fsp3) is 0.304. The van der Waals surface area contributed by atoms with E-state index in [-0.39, 0.29) is 11.8 Å². The monoisotopic (exact) mass is 438 g/mol. The van der Waals surface area contributed by atoms with Crippen LogP contribution in [-0.4, -0.2) is 34.9 Å². The molecule has 2 aromatic heterocycles. The molecule has 0 radical (unpaired) electrons. The van der Waals surface area contributed by atoms with Crippen LogP contribution in [0.4, 0.5) is 5.69 Å². The van der Waals surface area contributed by atoms with Gasteiger partial charge in [0.15, 0.2) is 6.39 Å². The first-order valence-electron chi connectivity index (χ1n) is 10.2. The van der Waals surface area contributed by atoms with Crippen molar-refractivity contribution in [3.63, 3.8) is 0 Å². The number of benzene rings is 1. The highest BCUT2D eigenvalue weighted by atomic mass is 35.5. The van der Waals surface area contributed by atoms with Crippen LogP contribution >= 0.6 is 11.6 Å². The molecule has 8 heteroatoms. The minimum absolute atomic E-state index is 0.0154. The molecule has 1 saturated carbocycles. The van der Waals surface area contributed by atoms with Crippen LogP contribution < -0.4 is 10.2 Å². The first-order chi connectivity index (χ1) is 15.0. The number of halogens is 1. The summed E-state index contributed by atoms with van der Waals surface area (Å²) in [5.41, 5.74) is 2.70. The van der Waals surface area contributed by atoms with Crippen LogP contribution in [0.25, 0.3) is 11.3 Å². The van der Waals surface area contributed by atoms with Crippen molar-refractivity contribution in [1.82, 2.24) is 15.3 Å². The van der Waals surface area contributed by atoms with Gasteiger partial charge in [0.1, 0.15) is 5.76 Å². The predicted octanol–water partition coefficient (Wildman–Crippen LogP) is 4.13. The number of nitrogens with zero attached hydrogens (tertiary/aromatic N) is 3. The van der Waals surface area contributed by atoms with Crippen molar-refractivity contribution >= 4 is 29.1 Å². The lowest BCUT2D eigenvalue weighted by Crippen LogP contribution is -2.30. The maximum Gasteiger partial charge on any atom is 0.252 e. The van der Waals surface area contributed by atoms with Crippen LogP contribution in [0.2, 0.25) is 5.02 Å².